The van der Waals surface area contributed by atoms with E-state index in [0.717, 1.165) is 25.7 Å². The van der Waals surface area contributed by atoms with E-state index in [1.54, 1.807) is 0 Å². The van der Waals surface area contributed by atoms with Crippen molar-refractivity contribution in [2.24, 2.45) is 5.90 Å². The molecule has 5 nitrogen and oxygen atoms in total. The Morgan fingerprint density at radius 1 is 1.55 bits per heavy atom. The minimum atomic E-state index is -3.69. The maximum absolute atomic E-state index is 10.8. The van der Waals surface area contributed by atoms with E-state index in [1.807, 2.05) is 0 Å². The Balaban J connectivity index is 2.34. The quantitative estimate of drug-likeness (QED) is 0.435. The summed E-state index contributed by atoms with van der Waals surface area (Å²) in [6.07, 6.45) is 4.05. The molecule has 0 bridgehead atoms. The van der Waals surface area contributed by atoms with Crippen LogP contribution in [0.5, 0.6) is 0 Å². The first-order valence-corrected chi connectivity index (χ1v) is 5.21. The molecule has 1 fully saturated rings. The molecule has 0 heterocycles. The first-order valence-electron chi connectivity index (χ1n) is 3.63. The fraction of sp³-hybridized carbons (Fsp3) is 1.00. The largest absolute Gasteiger partial charge is 0.419 e. The van der Waals surface area contributed by atoms with Crippen molar-refractivity contribution in [3.8, 4) is 0 Å². The van der Waals surface area contributed by atoms with E-state index in [9.17, 15) is 4.57 Å². The summed E-state index contributed by atoms with van der Waals surface area (Å²) in [5.74, 6) is 4.61. The highest BCUT2D eigenvalue weighted by atomic mass is 31.2. The highest BCUT2D eigenvalue weighted by Gasteiger charge is 2.25. The van der Waals surface area contributed by atoms with Crippen molar-refractivity contribution < 1.29 is 14.1 Å². The van der Waals surface area contributed by atoms with E-state index in [2.05, 4.69) is 15.6 Å². The Morgan fingerprint density at radius 3 is 2.55 bits per heavy atom. The highest BCUT2D eigenvalue weighted by Crippen LogP contribution is 2.37. The van der Waals surface area contributed by atoms with Gasteiger partial charge in [-0.1, -0.05) is 12.8 Å². The van der Waals surface area contributed by atoms with Crippen molar-refractivity contribution in [2.75, 3.05) is 0 Å². The minimum Gasteiger partial charge on any atom is -0.311 e. The zero-order valence-corrected chi connectivity index (χ0v) is 7.09. The summed E-state index contributed by atoms with van der Waals surface area (Å²) in [7, 11) is -3.69. The molecule has 0 spiro atoms. The zero-order chi connectivity index (χ0) is 8.32. The summed E-state index contributed by atoms with van der Waals surface area (Å²) in [6, 6.07) is 0.0920. The number of hydrogen-bond donors (Lipinski definition) is 3. The predicted molar refractivity (Wildman–Crippen MR) is 40.5 cm³/mol. The number of rotatable bonds is 3. The first kappa shape index (κ1) is 9.16. The maximum Gasteiger partial charge on any atom is 0.419 e. The molecule has 4 N–H and O–H groups in total. The van der Waals surface area contributed by atoms with Crippen LogP contribution in [-0.2, 0) is 9.19 Å². The van der Waals surface area contributed by atoms with Gasteiger partial charge in [0.15, 0.2) is 0 Å². The summed E-state index contributed by atoms with van der Waals surface area (Å²) in [6.45, 7) is 0. The predicted octanol–water partition coefficient (Wildman–Crippen LogP) is 0.509. The van der Waals surface area contributed by atoms with Gasteiger partial charge in [0.1, 0.15) is 0 Å². The summed E-state index contributed by atoms with van der Waals surface area (Å²) in [5.41, 5.74) is 0. The van der Waals surface area contributed by atoms with Gasteiger partial charge in [0.2, 0.25) is 0 Å². The fourth-order valence-corrected chi connectivity index (χ4v) is 2.10. The van der Waals surface area contributed by atoms with Crippen LogP contribution in [0, 0.1) is 0 Å². The molecule has 0 aromatic rings. The first-order chi connectivity index (χ1) is 5.14. The fourth-order valence-electron chi connectivity index (χ4n) is 1.32. The highest BCUT2D eigenvalue weighted by molar-refractivity contribution is 7.50. The van der Waals surface area contributed by atoms with Crippen LogP contribution in [0.15, 0.2) is 0 Å². The van der Waals surface area contributed by atoms with Crippen LogP contribution in [-0.4, -0.2) is 10.9 Å². The molecule has 0 radical (unpaired) electrons. The molecule has 66 valence electrons. The zero-order valence-electron chi connectivity index (χ0n) is 6.19. The standard InChI is InChI=1S/C5H13N2O3P/c6-10-11(8,9)7-5-3-1-2-4-5/h5H,1-4,6H2,(H2,7,8,9). The van der Waals surface area contributed by atoms with E-state index in [4.69, 9.17) is 4.89 Å². The molecule has 6 heteroatoms. The molecule has 0 saturated heterocycles. The topological polar surface area (TPSA) is 84.6 Å². The smallest absolute Gasteiger partial charge is 0.311 e. The van der Waals surface area contributed by atoms with Crippen LogP contribution in [0.2, 0.25) is 0 Å². The van der Waals surface area contributed by atoms with Crippen molar-refractivity contribution in [3.63, 3.8) is 0 Å². The van der Waals surface area contributed by atoms with Crippen LogP contribution in [0.1, 0.15) is 25.7 Å². The maximum atomic E-state index is 10.8. The molecule has 1 rings (SSSR count). The molecule has 1 unspecified atom stereocenters. The summed E-state index contributed by atoms with van der Waals surface area (Å²) >= 11 is 0. The number of nitrogens with one attached hydrogen (secondary N) is 1. The van der Waals surface area contributed by atoms with E-state index in [1.165, 1.54) is 0 Å². The van der Waals surface area contributed by atoms with E-state index in [0.29, 0.717) is 0 Å². The Hall–Kier alpha value is 0.0700. The molecule has 1 atom stereocenters. The number of hydrogen-bond acceptors (Lipinski definition) is 3. The van der Waals surface area contributed by atoms with Gasteiger partial charge in [0.05, 0.1) is 0 Å². The Bertz CT molecular complexity index is 169. The van der Waals surface area contributed by atoms with Crippen LogP contribution >= 0.6 is 7.75 Å². The van der Waals surface area contributed by atoms with Crippen LogP contribution in [0.25, 0.3) is 0 Å². The molecular weight excluding hydrogens is 167 g/mol. The van der Waals surface area contributed by atoms with Gasteiger partial charge in [-0.15, -0.1) is 0 Å². The normalized spacial score (nSPS) is 25.3. The molecule has 0 aromatic heterocycles. The molecule has 1 saturated carbocycles. The van der Waals surface area contributed by atoms with Gasteiger partial charge in [0, 0.05) is 6.04 Å². The van der Waals surface area contributed by atoms with Crippen LogP contribution < -0.4 is 11.0 Å². The van der Waals surface area contributed by atoms with Crippen molar-refractivity contribution in [1.29, 1.82) is 0 Å². The van der Waals surface area contributed by atoms with Crippen molar-refractivity contribution >= 4 is 7.75 Å². The van der Waals surface area contributed by atoms with Gasteiger partial charge in [-0.3, -0.25) is 0 Å². The summed E-state index contributed by atoms with van der Waals surface area (Å²) < 4.78 is 14.7. The summed E-state index contributed by atoms with van der Waals surface area (Å²) in [4.78, 5) is 8.88. The molecule has 0 aromatic carbocycles. The van der Waals surface area contributed by atoms with Crippen molar-refractivity contribution in [3.05, 3.63) is 0 Å². The van der Waals surface area contributed by atoms with Gasteiger partial charge in [-0.2, -0.15) is 0 Å². The van der Waals surface area contributed by atoms with Crippen LogP contribution in [0.4, 0.5) is 0 Å². The van der Waals surface area contributed by atoms with Gasteiger partial charge in [-0.25, -0.2) is 20.2 Å². The van der Waals surface area contributed by atoms with E-state index >= 15 is 0 Å². The molecule has 1 aliphatic carbocycles. The SMILES string of the molecule is NOP(=O)(O)NC1CCCC1. The second kappa shape index (κ2) is 3.65. The molecule has 0 aliphatic heterocycles. The Labute approximate surface area is 65.5 Å². The average Bonchev–Trinajstić information content (AvgIpc) is 2.39. The Kier molecular flexibility index (Phi) is 3.04. The lowest BCUT2D eigenvalue weighted by Gasteiger charge is -2.14. The van der Waals surface area contributed by atoms with Crippen molar-refractivity contribution in [1.82, 2.24) is 5.09 Å². The third-order valence-corrected chi connectivity index (χ3v) is 2.82. The van der Waals surface area contributed by atoms with E-state index < -0.39 is 7.75 Å². The second-order valence-electron chi connectivity index (χ2n) is 2.74. The molecular formula is C5H13N2O3P. The van der Waals surface area contributed by atoms with Gasteiger partial charge >= 0.3 is 7.75 Å². The number of nitrogens with two attached hydrogens (primary N) is 1. The molecule has 0 amide bonds. The van der Waals surface area contributed by atoms with Crippen molar-refractivity contribution in [2.45, 2.75) is 31.7 Å². The lowest BCUT2D eigenvalue weighted by Crippen LogP contribution is -2.24. The second-order valence-corrected chi connectivity index (χ2v) is 4.25. The average molecular weight is 180 g/mol. The monoisotopic (exact) mass is 180 g/mol. The third kappa shape index (κ3) is 2.89. The summed E-state index contributed by atoms with van der Waals surface area (Å²) in [5, 5.41) is 2.47. The van der Waals surface area contributed by atoms with Gasteiger partial charge in [0.25, 0.3) is 0 Å². The lowest BCUT2D eigenvalue weighted by molar-refractivity contribution is 0.252. The van der Waals surface area contributed by atoms with Gasteiger partial charge in [-0.05, 0) is 12.8 Å². The minimum absolute atomic E-state index is 0.0920. The third-order valence-electron chi connectivity index (χ3n) is 1.84. The lowest BCUT2D eigenvalue weighted by atomic mass is 10.3. The van der Waals surface area contributed by atoms with E-state index in [-0.39, 0.29) is 6.04 Å². The molecule has 1 aliphatic rings. The Morgan fingerprint density at radius 2 is 2.09 bits per heavy atom. The van der Waals surface area contributed by atoms with Crippen LogP contribution in [0.3, 0.4) is 0 Å². The van der Waals surface area contributed by atoms with Gasteiger partial charge < -0.3 is 4.89 Å². The molecule has 11 heavy (non-hydrogen) atoms.